The molecule has 0 heterocycles. The molecule has 1 nitrogen and oxygen atoms in total. The second kappa shape index (κ2) is 5.97. The quantitative estimate of drug-likeness (QED) is 0.622. The summed E-state index contributed by atoms with van der Waals surface area (Å²) >= 11 is 0. The van der Waals surface area contributed by atoms with Crippen molar-refractivity contribution >= 4 is 5.78 Å². The van der Waals surface area contributed by atoms with Crippen LogP contribution < -0.4 is 0 Å². The normalized spacial score (nSPS) is 36.6. The van der Waals surface area contributed by atoms with E-state index in [4.69, 9.17) is 0 Å². The zero-order chi connectivity index (χ0) is 14.0. The van der Waals surface area contributed by atoms with Crippen molar-refractivity contribution in [3.05, 3.63) is 0 Å². The largest absolute Gasteiger partial charge is 0.299 e. The molecule has 0 aliphatic heterocycles. The minimum absolute atomic E-state index is 0.340. The molecular weight excluding hydrogens is 233 g/mol. The van der Waals surface area contributed by atoms with Gasteiger partial charge in [-0.15, -0.1) is 0 Å². The number of carbonyl (C=O) groups is 1. The van der Waals surface area contributed by atoms with Gasteiger partial charge < -0.3 is 0 Å². The summed E-state index contributed by atoms with van der Waals surface area (Å²) in [6.45, 7) is 9.50. The Bertz CT molecular complexity index is 320. The molecule has 2 aliphatic rings. The van der Waals surface area contributed by atoms with E-state index in [1.165, 1.54) is 38.5 Å². The summed E-state index contributed by atoms with van der Waals surface area (Å²) in [6, 6.07) is 0. The summed E-state index contributed by atoms with van der Waals surface area (Å²) in [5, 5.41) is 0. The minimum atomic E-state index is 0.340. The first-order chi connectivity index (χ1) is 8.95. The van der Waals surface area contributed by atoms with Gasteiger partial charge in [-0.2, -0.15) is 0 Å². The Hall–Kier alpha value is -0.330. The minimum Gasteiger partial charge on any atom is -0.299 e. The predicted molar refractivity (Wildman–Crippen MR) is 81.0 cm³/mol. The fraction of sp³-hybridized carbons (Fsp3) is 0.944. The Morgan fingerprint density at radius 3 is 2.63 bits per heavy atom. The zero-order valence-electron chi connectivity index (χ0n) is 13.4. The van der Waals surface area contributed by atoms with E-state index < -0.39 is 0 Å². The second-order valence-corrected chi connectivity index (χ2v) is 7.86. The molecule has 110 valence electrons. The highest BCUT2D eigenvalue weighted by Crippen LogP contribution is 2.57. The third kappa shape index (κ3) is 3.06. The van der Waals surface area contributed by atoms with Crippen molar-refractivity contribution in [1.29, 1.82) is 0 Å². The lowest BCUT2D eigenvalue weighted by Crippen LogP contribution is -2.39. The van der Waals surface area contributed by atoms with Crippen molar-refractivity contribution < 1.29 is 4.79 Å². The fourth-order valence-electron chi connectivity index (χ4n) is 4.95. The van der Waals surface area contributed by atoms with E-state index >= 15 is 0 Å². The highest BCUT2D eigenvalue weighted by Gasteiger charge is 2.52. The van der Waals surface area contributed by atoms with Crippen LogP contribution in [0.5, 0.6) is 0 Å². The maximum atomic E-state index is 12.2. The molecule has 0 radical (unpaired) electrons. The molecule has 0 amide bonds. The first-order valence-electron chi connectivity index (χ1n) is 8.48. The van der Waals surface area contributed by atoms with Crippen LogP contribution in [0.15, 0.2) is 0 Å². The van der Waals surface area contributed by atoms with E-state index in [-0.39, 0.29) is 0 Å². The van der Waals surface area contributed by atoms with Crippen LogP contribution >= 0.6 is 0 Å². The Morgan fingerprint density at radius 2 is 1.95 bits per heavy atom. The topological polar surface area (TPSA) is 17.1 Å². The van der Waals surface area contributed by atoms with Crippen LogP contribution in [-0.4, -0.2) is 5.78 Å². The average Bonchev–Trinajstić information content (AvgIpc) is 2.67. The second-order valence-electron chi connectivity index (χ2n) is 7.86. The van der Waals surface area contributed by atoms with E-state index in [1.807, 2.05) is 0 Å². The van der Waals surface area contributed by atoms with Gasteiger partial charge in [0, 0.05) is 12.3 Å². The zero-order valence-corrected chi connectivity index (χ0v) is 13.4. The van der Waals surface area contributed by atoms with Crippen molar-refractivity contribution in [3.8, 4) is 0 Å². The van der Waals surface area contributed by atoms with Gasteiger partial charge >= 0.3 is 0 Å². The molecule has 2 fully saturated rings. The van der Waals surface area contributed by atoms with Gasteiger partial charge in [-0.05, 0) is 48.9 Å². The average molecular weight is 265 g/mol. The number of hydrogen-bond acceptors (Lipinski definition) is 1. The number of hydrogen-bond donors (Lipinski definition) is 0. The van der Waals surface area contributed by atoms with Crippen molar-refractivity contribution in [1.82, 2.24) is 0 Å². The Morgan fingerprint density at radius 1 is 1.21 bits per heavy atom. The molecule has 0 spiro atoms. The van der Waals surface area contributed by atoms with Gasteiger partial charge in [0.25, 0.3) is 0 Å². The van der Waals surface area contributed by atoms with Crippen LogP contribution in [-0.2, 0) is 4.79 Å². The lowest BCUT2D eigenvalue weighted by molar-refractivity contribution is -0.130. The van der Waals surface area contributed by atoms with Crippen molar-refractivity contribution in [2.75, 3.05) is 0 Å². The standard InChI is InChI=1S/C18H32O/c1-13(2)7-5-8-14(3)15-10-11-16-17(19)9-6-12-18(15,16)4/h13-16H,5-12H2,1-4H3/t14-,15-,16+,18-/m1/s1/i9+1. The van der Waals surface area contributed by atoms with Crippen molar-refractivity contribution in [2.24, 2.45) is 29.1 Å². The van der Waals surface area contributed by atoms with Crippen LogP contribution in [0.2, 0.25) is 0 Å². The molecule has 2 rings (SSSR count). The molecule has 0 N–H and O–H groups in total. The molecule has 4 atom stereocenters. The van der Waals surface area contributed by atoms with Gasteiger partial charge in [-0.1, -0.05) is 47.0 Å². The molecular formula is C18H32O. The summed E-state index contributed by atoms with van der Waals surface area (Å²) in [5.74, 6) is 3.41. The fourth-order valence-corrected chi connectivity index (χ4v) is 4.95. The van der Waals surface area contributed by atoms with Crippen LogP contribution in [0.3, 0.4) is 0 Å². The highest BCUT2D eigenvalue weighted by atomic mass is 16.1. The number of carbonyl (C=O) groups excluding carboxylic acids is 1. The first-order valence-corrected chi connectivity index (χ1v) is 8.48. The lowest BCUT2D eigenvalue weighted by Gasteiger charge is -2.42. The lowest BCUT2D eigenvalue weighted by atomic mass is 9.64. The van der Waals surface area contributed by atoms with Crippen LogP contribution in [0.4, 0.5) is 0 Å². The van der Waals surface area contributed by atoms with Gasteiger partial charge in [0.15, 0.2) is 0 Å². The van der Waals surface area contributed by atoms with Gasteiger partial charge in [-0.3, -0.25) is 4.79 Å². The summed E-state index contributed by atoms with van der Waals surface area (Å²) in [5.41, 5.74) is 0.340. The monoisotopic (exact) mass is 265 g/mol. The maximum absolute atomic E-state index is 12.2. The Balaban J connectivity index is 1.95. The summed E-state index contributed by atoms with van der Waals surface area (Å²) in [4.78, 5) is 12.2. The molecule has 0 aromatic heterocycles. The molecule has 0 saturated heterocycles. The molecule has 0 bridgehead atoms. The van der Waals surface area contributed by atoms with Crippen molar-refractivity contribution in [2.45, 2.75) is 79.1 Å². The van der Waals surface area contributed by atoms with Gasteiger partial charge in [0.2, 0.25) is 0 Å². The maximum Gasteiger partial charge on any atom is 0.136 e. The van der Waals surface area contributed by atoms with E-state index in [1.54, 1.807) is 0 Å². The van der Waals surface area contributed by atoms with Gasteiger partial charge in [-0.25, -0.2) is 0 Å². The molecule has 0 aromatic carbocycles. The number of rotatable bonds is 5. The van der Waals surface area contributed by atoms with Gasteiger partial charge in [0.1, 0.15) is 5.78 Å². The molecule has 0 aromatic rings. The molecule has 0 unspecified atom stereocenters. The Labute approximate surface area is 119 Å². The van der Waals surface area contributed by atoms with Crippen LogP contribution in [0.1, 0.15) is 79.1 Å². The number of ketones is 1. The smallest absolute Gasteiger partial charge is 0.136 e. The van der Waals surface area contributed by atoms with Crippen LogP contribution in [0, 0.1) is 29.1 Å². The number of fused-ring (bicyclic) bond motifs is 1. The van der Waals surface area contributed by atoms with Gasteiger partial charge in [0.05, 0.1) is 0 Å². The summed E-state index contributed by atoms with van der Waals surface area (Å²) in [6.07, 6.45) is 9.85. The van der Waals surface area contributed by atoms with E-state index in [0.717, 1.165) is 30.6 Å². The molecule has 19 heavy (non-hydrogen) atoms. The SMILES string of the molecule is CC(C)CCC[C@@H](C)[C@H]1CC[C@H]2C(=O)[13CH2]CC[C@]12C. The highest BCUT2D eigenvalue weighted by molar-refractivity contribution is 5.83. The third-order valence-electron chi connectivity index (χ3n) is 6.06. The molecule has 2 saturated carbocycles. The van der Waals surface area contributed by atoms with Crippen molar-refractivity contribution in [3.63, 3.8) is 0 Å². The van der Waals surface area contributed by atoms with E-state index in [0.29, 0.717) is 17.1 Å². The van der Waals surface area contributed by atoms with E-state index in [2.05, 4.69) is 27.7 Å². The first kappa shape index (κ1) is 15.1. The predicted octanol–water partition coefficient (Wildman–Crippen LogP) is 5.23. The number of Topliss-reactive ketones (excluding diaryl/α,β-unsaturated/α-hetero) is 1. The third-order valence-corrected chi connectivity index (χ3v) is 6.06. The summed E-state index contributed by atoms with van der Waals surface area (Å²) < 4.78 is 0. The summed E-state index contributed by atoms with van der Waals surface area (Å²) in [7, 11) is 0. The Kier molecular flexibility index (Phi) is 4.74. The molecule has 2 aliphatic carbocycles. The van der Waals surface area contributed by atoms with E-state index in [9.17, 15) is 4.79 Å². The van der Waals surface area contributed by atoms with Crippen LogP contribution in [0.25, 0.3) is 0 Å². The molecule has 1 heteroatoms.